The highest BCUT2D eigenvalue weighted by atomic mass is 19.1. The summed E-state index contributed by atoms with van der Waals surface area (Å²) in [5, 5.41) is 18.5. The molecule has 31 heavy (non-hydrogen) atoms. The number of nitro benzene ring substituents is 1. The van der Waals surface area contributed by atoms with Crippen molar-refractivity contribution in [2.75, 3.05) is 0 Å². The summed E-state index contributed by atoms with van der Waals surface area (Å²) in [5.41, 5.74) is 2.48. The molecule has 4 rings (SSSR count). The average molecular weight is 416 g/mol. The molecule has 0 bridgehead atoms. The number of benzene rings is 3. The van der Waals surface area contributed by atoms with Crippen molar-refractivity contribution in [3.8, 4) is 16.9 Å². The van der Waals surface area contributed by atoms with Crippen molar-refractivity contribution in [2.45, 2.75) is 6.54 Å². The second-order valence-corrected chi connectivity index (χ2v) is 6.75. The Morgan fingerprint density at radius 3 is 2.39 bits per heavy atom. The minimum absolute atomic E-state index is 0.0220. The van der Waals surface area contributed by atoms with E-state index >= 15 is 0 Å². The van der Waals surface area contributed by atoms with Crippen LogP contribution in [0.2, 0.25) is 0 Å². The van der Waals surface area contributed by atoms with Crippen LogP contribution in [0.25, 0.3) is 16.9 Å². The Morgan fingerprint density at radius 2 is 1.68 bits per heavy atom. The second-order valence-electron chi connectivity index (χ2n) is 6.75. The number of para-hydroxylation sites is 2. The van der Waals surface area contributed by atoms with Gasteiger partial charge in [-0.1, -0.05) is 30.3 Å². The minimum Gasteiger partial charge on any atom is -0.348 e. The summed E-state index contributed by atoms with van der Waals surface area (Å²) in [6, 6.07) is 21.1. The van der Waals surface area contributed by atoms with Crippen LogP contribution >= 0.6 is 0 Å². The first-order valence-corrected chi connectivity index (χ1v) is 9.44. The van der Waals surface area contributed by atoms with E-state index in [-0.39, 0.29) is 23.6 Å². The number of carbonyl (C=O) groups is 1. The third-order valence-corrected chi connectivity index (χ3v) is 4.71. The van der Waals surface area contributed by atoms with Gasteiger partial charge in [-0.2, -0.15) is 5.10 Å². The SMILES string of the molecule is O=C(NCc1cn(-c2ccccc2)nc1-c1ccc(F)cc1)c1ccccc1[N+](=O)[O-]. The predicted octanol–water partition coefficient (Wildman–Crippen LogP) is 4.52. The van der Waals surface area contributed by atoms with E-state index in [1.165, 1.54) is 30.3 Å². The van der Waals surface area contributed by atoms with Crippen LogP contribution in [0.1, 0.15) is 15.9 Å². The topological polar surface area (TPSA) is 90.1 Å². The van der Waals surface area contributed by atoms with E-state index in [9.17, 15) is 19.3 Å². The third kappa shape index (κ3) is 4.32. The lowest BCUT2D eigenvalue weighted by molar-refractivity contribution is -0.385. The molecular weight excluding hydrogens is 399 g/mol. The summed E-state index contributed by atoms with van der Waals surface area (Å²) < 4.78 is 15.1. The van der Waals surface area contributed by atoms with Gasteiger partial charge in [0.15, 0.2) is 0 Å². The first kappa shape index (κ1) is 20.0. The molecule has 0 aliphatic rings. The highest BCUT2D eigenvalue weighted by Gasteiger charge is 2.20. The van der Waals surface area contributed by atoms with Crippen LogP contribution in [0.3, 0.4) is 0 Å². The van der Waals surface area contributed by atoms with Crippen LogP contribution in [0.4, 0.5) is 10.1 Å². The molecule has 0 saturated heterocycles. The predicted molar refractivity (Wildman–Crippen MR) is 113 cm³/mol. The van der Waals surface area contributed by atoms with E-state index in [1.807, 2.05) is 30.3 Å². The van der Waals surface area contributed by atoms with E-state index in [1.54, 1.807) is 29.1 Å². The Hall–Kier alpha value is -4.33. The average Bonchev–Trinajstić information content (AvgIpc) is 3.23. The van der Waals surface area contributed by atoms with Gasteiger partial charge >= 0.3 is 0 Å². The summed E-state index contributed by atoms with van der Waals surface area (Å²) in [4.78, 5) is 23.2. The molecule has 8 heteroatoms. The number of hydrogen-bond acceptors (Lipinski definition) is 4. The molecule has 154 valence electrons. The van der Waals surface area contributed by atoms with Crippen molar-refractivity contribution >= 4 is 11.6 Å². The molecule has 0 saturated carbocycles. The molecule has 0 unspecified atom stereocenters. The lowest BCUT2D eigenvalue weighted by Gasteiger charge is -2.06. The summed E-state index contributed by atoms with van der Waals surface area (Å²) in [7, 11) is 0. The molecule has 0 spiro atoms. The second kappa shape index (κ2) is 8.58. The molecule has 1 N–H and O–H groups in total. The van der Waals surface area contributed by atoms with Gasteiger partial charge in [-0.05, 0) is 42.5 Å². The summed E-state index contributed by atoms with van der Waals surface area (Å²) in [5.74, 6) is -0.928. The fourth-order valence-electron chi connectivity index (χ4n) is 3.20. The van der Waals surface area contributed by atoms with Crippen LogP contribution < -0.4 is 5.32 Å². The Balaban J connectivity index is 1.66. The number of hydrogen-bond donors (Lipinski definition) is 1. The van der Waals surface area contributed by atoms with Crippen molar-refractivity contribution in [2.24, 2.45) is 0 Å². The van der Waals surface area contributed by atoms with Crippen molar-refractivity contribution in [3.05, 3.63) is 112 Å². The molecule has 0 fully saturated rings. The van der Waals surface area contributed by atoms with Crippen LogP contribution in [-0.2, 0) is 6.54 Å². The summed E-state index contributed by atoms with van der Waals surface area (Å²) in [6.45, 7) is 0.0877. The van der Waals surface area contributed by atoms with Gasteiger partial charge in [0.1, 0.15) is 11.4 Å². The van der Waals surface area contributed by atoms with E-state index < -0.39 is 10.8 Å². The first-order valence-electron chi connectivity index (χ1n) is 9.44. The Morgan fingerprint density at radius 1 is 1.00 bits per heavy atom. The maximum Gasteiger partial charge on any atom is 0.282 e. The zero-order chi connectivity index (χ0) is 21.8. The van der Waals surface area contributed by atoms with Crippen LogP contribution in [0, 0.1) is 15.9 Å². The van der Waals surface area contributed by atoms with Gasteiger partial charge in [-0.25, -0.2) is 9.07 Å². The number of amides is 1. The smallest absolute Gasteiger partial charge is 0.282 e. The molecule has 0 atom stereocenters. The van der Waals surface area contributed by atoms with Gasteiger partial charge in [0.25, 0.3) is 11.6 Å². The molecule has 0 aliphatic carbocycles. The summed E-state index contributed by atoms with van der Waals surface area (Å²) in [6.07, 6.45) is 1.77. The molecular formula is C23H17FN4O3. The van der Waals surface area contributed by atoms with Gasteiger partial charge in [-0.15, -0.1) is 0 Å². The van der Waals surface area contributed by atoms with E-state index in [0.717, 1.165) is 5.69 Å². The molecule has 0 radical (unpaired) electrons. The van der Waals surface area contributed by atoms with Crippen molar-refractivity contribution < 1.29 is 14.1 Å². The minimum atomic E-state index is -0.591. The molecule has 4 aromatic rings. The van der Waals surface area contributed by atoms with Crippen LogP contribution in [0.15, 0.2) is 85.1 Å². The van der Waals surface area contributed by atoms with Gasteiger partial charge < -0.3 is 5.32 Å². The number of nitrogens with zero attached hydrogens (tertiary/aromatic N) is 3. The molecule has 3 aromatic carbocycles. The maximum atomic E-state index is 13.4. The Kier molecular flexibility index (Phi) is 5.53. The number of aromatic nitrogens is 2. The van der Waals surface area contributed by atoms with Crippen molar-refractivity contribution in [1.29, 1.82) is 0 Å². The monoisotopic (exact) mass is 416 g/mol. The standard InChI is InChI=1S/C23H17FN4O3/c24-18-12-10-16(11-13-18)22-17(15-27(26-22)19-6-2-1-3-7-19)14-25-23(29)20-8-4-5-9-21(20)28(30)31/h1-13,15H,14H2,(H,25,29). The van der Waals surface area contributed by atoms with E-state index in [4.69, 9.17) is 0 Å². The lowest BCUT2D eigenvalue weighted by atomic mass is 10.1. The van der Waals surface area contributed by atoms with Gasteiger partial charge in [-0.3, -0.25) is 14.9 Å². The molecule has 0 aliphatic heterocycles. The van der Waals surface area contributed by atoms with Gasteiger partial charge in [0.2, 0.25) is 0 Å². The molecule has 7 nitrogen and oxygen atoms in total. The number of halogens is 1. The fourth-order valence-corrected chi connectivity index (χ4v) is 3.20. The van der Waals surface area contributed by atoms with E-state index in [0.29, 0.717) is 16.8 Å². The number of nitrogens with one attached hydrogen (secondary N) is 1. The van der Waals surface area contributed by atoms with Crippen molar-refractivity contribution in [3.63, 3.8) is 0 Å². The maximum absolute atomic E-state index is 13.4. The first-order chi connectivity index (χ1) is 15.0. The number of carbonyl (C=O) groups excluding carboxylic acids is 1. The van der Waals surface area contributed by atoms with Gasteiger partial charge in [0.05, 0.1) is 16.3 Å². The summed E-state index contributed by atoms with van der Waals surface area (Å²) >= 11 is 0. The Labute approximate surface area is 176 Å². The lowest BCUT2D eigenvalue weighted by Crippen LogP contribution is -2.23. The zero-order valence-corrected chi connectivity index (χ0v) is 16.2. The highest BCUT2D eigenvalue weighted by Crippen LogP contribution is 2.25. The molecule has 1 heterocycles. The van der Waals surface area contributed by atoms with Crippen LogP contribution in [0.5, 0.6) is 0 Å². The van der Waals surface area contributed by atoms with Crippen molar-refractivity contribution in [1.82, 2.24) is 15.1 Å². The molecule has 1 amide bonds. The highest BCUT2D eigenvalue weighted by molar-refractivity contribution is 5.98. The van der Waals surface area contributed by atoms with Gasteiger partial charge in [0, 0.05) is 29.9 Å². The van der Waals surface area contributed by atoms with Crippen LogP contribution in [-0.4, -0.2) is 20.6 Å². The zero-order valence-electron chi connectivity index (χ0n) is 16.2. The molecule has 1 aromatic heterocycles. The largest absolute Gasteiger partial charge is 0.348 e. The third-order valence-electron chi connectivity index (χ3n) is 4.71. The Bertz CT molecular complexity index is 1240. The number of rotatable bonds is 6. The van der Waals surface area contributed by atoms with E-state index in [2.05, 4.69) is 10.4 Å². The quantitative estimate of drug-likeness (QED) is 0.370. The fraction of sp³-hybridized carbons (Fsp3) is 0.0435. The normalized spacial score (nSPS) is 10.6. The number of nitro groups is 1.